The van der Waals surface area contributed by atoms with Crippen LogP contribution in [-0.4, -0.2) is 46.1 Å². The van der Waals surface area contributed by atoms with Gasteiger partial charge in [0.1, 0.15) is 35.0 Å². The summed E-state index contributed by atoms with van der Waals surface area (Å²) < 4.78 is 72.7. The van der Waals surface area contributed by atoms with E-state index in [0.29, 0.717) is 6.07 Å². The van der Waals surface area contributed by atoms with Crippen LogP contribution in [0.1, 0.15) is 26.5 Å². The van der Waals surface area contributed by atoms with Crippen LogP contribution < -0.4 is 15.1 Å². The number of imidazole rings is 1. The number of fused-ring (bicyclic) bond motifs is 1. The minimum atomic E-state index is -4.91. The topological polar surface area (TPSA) is 129 Å². The summed E-state index contributed by atoms with van der Waals surface area (Å²) in [4.78, 5) is 25.3. The molecule has 0 saturated carbocycles. The third-order valence-electron chi connectivity index (χ3n) is 4.87. The van der Waals surface area contributed by atoms with Gasteiger partial charge in [-0.1, -0.05) is 6.92 Å². The van der Waals surface area contributed by atoms with E-state index in [9.17, 15) is 31.6 Å². The molecule has 0 aromatic carbocycles. The Hall–Kier alpha value is -3.60. The maximum absolute atomic E-state index is 13.4. The second kappa shape index (κ2) is 8.32. The van der Waals surface area contributed by atoms with E-state index in [4.69, 9.17) is 4.74 Å². The van der Waals surface area contributed by atoms with Gasteiger partial charge in [0.05, 0.1) is 17.5 Å². The minimum absolute atomic E-state index is 0.0119. The molecule has 14 heteroatoms. The highest BCUT2D eigenvalue weighted by atomic mass is 32.2. The predicted octanol–water partition coefficient (Wildman–Crippen LogP) is 2.35. The Morgan fingerprint density at radius 3 is 2.41 bits per heavy atom. The van der Waals surface area contributed by atoms with E-state index < -0.39 is 32.9 Å². The van der Waals surface area contributed by atoms with Crippen LogP contribution >= 0.6 is 0 Å². The van der Waals surface area contributed by atoms with Crippen molar-refractivity contribution in [1.82, 2.24) is 19.3 Å². The van der Waals surface area contributed by atoms with E-state index in [-0.39, 0.29) is 43.7 Å². The summed E-state index contributed by atoms with van der Waals surface area (Å²) in [5.41, 5.74) is -4.57. The number of aromatic nitrogens is 4. The molecule has 0 atom stereocenters. The number of halogens is 3. The Balaban J connectivity index is 2.35. The molecule has 34 heavy (non-hydrogen) atoms. The van der Waals surface area contributed by atoms with Gasteiger partial charge in [0.15, 0.2) is 27.0 Å². The van der Waals surface area contributed by atoms with Crippen molar-refractivity contribution in [3.05, 3.63) is 34.4 Å². The van der Waals surface area contributed by atoms with E-state index >= 15 is 0 Å². The smallest absolute Gasteiger partial charge is 0.435 e. The molecule has 0 radical (unpaired) electrons. The highest BCUT2D eigenvalue weighted by molar-refractivity contribution is 7.91. The standard InChI is InChI=1S/C20H20F3N5O5S/c1-6-34(30,31)13-7-11(33-19(2,3)10-24)9-25-15(13)17-26-12-8-14(20(21,22)23)28(32-5)18(29)16(12)27(17)4/h7-9H,6H2,1-5H3. The molecule has 0 saturated heterocycles. The third-order valence-corrected chi connectivity index (χ3v) is 6.61. The molecule has 0 bridgehead atoms. The maximum atomic E-state index is 13.4. The van der Waals surface area contributed by atoms with Gasteiger partial charge >= 0.3 is 11.7 Å². The molecule has 0 fully saturated rings. The molecular weight excluding hydrogens is 479 g/mol. The summed E-state index contributed by atoms with van der Waals surface area (Å²) in [5, 5.41) is 9.18. The summed E-state index contributed by atoms with van der Waals surface area (Å²) in [5.74, 6) is -0.500. The Kier molecular flexibility index (Phi) is 6.12. The van der Waals surface area contributed by atoms with Crippen LogP contribution in [0.3, 0.4) is 0 Å². The summed E-state index contributed by atoms with van der Waals surface area (Å²) >= 11 is 0. The van der Waals surface area contributed by atoms with Crippen molar-refractivity contribution in [1.29, 1.82) is 5.26 Å². The van der Waals surface area contributed by atoms with Crippen molar-refractivity contribution in [2.45, 2.75) is 37.4 Å². The lowest BCUT2D eigenvalue weighted by molar-refractivity contribution is -0.151. The van der Waals surface area contributed by atoms with Crippen LogP contribution in [0.2, 0.25) is 0 Å². The molecule has 0 unspecified atom stereocenters. The van der Waals surface area contributed by atoms with Crippen LogP contribution in [0, 0.1) is 11.3 Å². The first-order chi connectivity index (χ1) is 15.7. The van der Waals surface area contributed by atoms with Crippen molar-refractivity contribution >= 4 is 20.9 Å². The van der Waals surface area contributed by atoms with E-state index in [1.165, 1.54) is 27.8 Å². The highest BCUT2D eigenvalue weighted by Crippen LogP contribution is 2.33. The first kappa shape index (κ1) is 25.0. The van der Waals surface area contributed by atoms with E-state index in [2.05, 4.69) is 14.8 Å². The van der Waals surface area contributed by atoms with Crippen LogP contribution in [0.25, 0.3) is 22.6 Å². The number of sulfone groups is 1. The number of ether oxygens (including phenoxy) is 1. The fourth-order valence-corrected chi connectivity index (χ4v) is 4.26. The second-order valence-electron chi connectivity index (χ2n) is 7.68. The first-order valence-electron chi connectivity index (χ1n) is 9.74. The normalized spacial score (nSPS) is 12.6. The zero-order valence-corrected chi connectivity index (χ0v) is 19.6. The van der Waals surface area contributed by atoms with E-state index in [1.807, 2.05) is 6.07 Å². The minimum Gasteiger partial charge on any atom is -0.471 e. The Morgan fingerprint density at radius 1 is 1.24 bits per heavy atom. The van der Waals surface area contributed by atoms with E-state index in [1.54, 1.807) is 0 Å². The lowest BCUT2D eigenvalue weighted by Crippen LogP contribution is -2.32. The van der Waals surface area contributed by atoms with Crippen molar-refractivity contribution in [3.63, 3.8) is 0 Å². The monoisotopic (exact) mass is 499 g/mol. The average Bonchev–Trinajstić information content (AvgIpc) is 3.09. The fraction of sp³-hybridized carbons (Fsp3) is 0.400. The summed E-state index contributed by atoms with van der Waals surface area (Å²) in [7, 11) is -1.69. The highest BCUT2D eigenvalue weighted by Gasteiger charge is 2.37. The molecule has 0 aliphatic carbocycles. The van der Waals surface area contributed by atoms with Gasteiger partial charge in [-0.15, -0.1) is 4.73 Å². The van der Waals surface area contributed by atoms with Gasteiger partial charge < -0.3 is 14.1 Å². The molecule has 3 heterocycles. The summed E-state index contributed by atoms with van der Waals surface area (Å²) in [6.07, 6.45) is -3.75. The molecule has 3 aromatic rings. The summed E-state index contributed by atoms with van der Waals surface area (Å²) in [6, 6.07) is 3.70. The molecule has 3 aromatic heterocycles. The Bertz CT molecular complexity index is 1480. The molecule has 0 amide bonds. The maximum Gasteiger partial charge on any atom is 0.435 e. The van der Waals surface area contributed by atoms with Gasteiger partial charge in [-0.2, -0.15) is 18.4 Å². The quantitative estimate of drug-likeness (QED) is 0.505. The number of nitriles is 1. The fourth-order valence-electron chi connectivity index (χ4n) is 3.22. The van der Waals surface area contributed by atoms with Gasteiger partial charge in [-0.25, -0.2) is 18.4 Å². The molecule has 3 rings (SSSR count). The molecular formula is C20H20F3N5O5S. The van der Waals surface area contributed by atoms with E-state index in [0.717, 1.165) is 23.9 Å². The number of hydrogen-bond donors (Lipinski definition) is 0. The zero-order chi connectivity index (χ0) is 25.6. The van der Waals surface area contributed by atoms with Crippen LogP contribution in [0.15, 0.2) is 28.0 Å². The van der Waals surface area contributed by atoms with Crippen LogP contribution in [-0.2, 0) is 23.1 Å². The SMILES string of the molecule is CCS(=O)(=O)c1cc(OC(C)(C)C#N)cnc1-c1nc2cc(C(F)(F)F)n(OC)c(=O)c2n1C. The second-order valence-corrected chi connectivity index (χ2v) is 9.93. The molecule has 0 aliphatic heterocycles. The van der Waals surface area contributed by atoms with Gasteiger partial charge in [-0.3, -0.25) is 4.79 Å². The van der Waals surface area contributed by atoms with Crippen molar-refractivity contribution in [3.8, 4) is 23.3 Å². The number of pyridine rings is 2. The van der Waals surface area contributed by atoms with Gasteiger partial charge in [0, 0.05) is 13.1 Å². The van der Waals surface area contributed by atoms with Crippen molar-refractivity contribution < 1.29 is 31.2 Å². The molecule has 0 N–H and O–H groups in total. The number of aryl methyl sites for hydroxylation is 1. The molecule has 0 spiro atoms. The molecule has 10 nitrogen and oxygen atoms in total. The van der Waals surface area contributed by atoms with Gasteiger partial charge in [-0.05, 0) is 19.9 Å². The molecule has 182 valence electrons. The number of rotatable bonds is 6. The van der Waals surface area contributed by atoms with Gasteiger partial charge in [0.25, 0.3) is 0 Å². The molecule has 0 aliphatic rings. The summed E-state index contributed by atoms with van der Waals surface area (Å²) in [6.45, 7) is 4.34. The Labute approximate surface area is 192 Å². The largest absolute Gasteiger partial charge is 0.471 e. The van der Waals surface area contributed by atoms with Crippen molar-refractivity contribution in [2.24, 2.45) is 7.05 Å². The number of nitrogens with zero attached hydrogens (tertiary/aromatic N) is 5. The van der Waals surface area contributed by atoms with Crippen molar-refractivity contribution in [2.75, 3.05) is 12.9 Å². The lowest BCUT2D eigenvalue weighted by Gasteiger charge is -2.19. The number of hydrogen-bond acceptors (Lipinski definition) is 8. The van der Waals surface area contributed by atoms with Crippen LogP contribution in [0.5, 0.6) is 5.75 Å². The first-order valence-corrected chi connectivity index (χ1v) is 11.4. The Morgan fingerprint density at radius 2 is 1.88 bits per heavy atom. The average molecular weight is 499 g/mol. The zero-order valence-electron chi connectivity index (χ0n) is 18.8. The van der Waals surface area contributed by atoms with Crippen LogP contribution in [0.4, 0.5) is 13.2 Å². The number of alkyl halides is 3. The third kappa shape index (κ3) is 4.30. The van der Waals surface area contributed by atoms with Gasteiger partial charge in [0.2, 0.25) is 0 Å². The lowest BCUT2D eigenvalue weighted by atomic mass is 10.2. The predicted molar refractivity (Wildman–Crippen MR) is 114 cm³/mol.